The molecule has 0 saturated heterocycles. The van der Waals surface area contributed by atoms with Crippen molar-refractivity contribution in [1.29, 1.82) is 0 Å². The highest BCUT2D eigenvalue weighted by molar-refractivity contribution is 5.89. The van der Waals surface area contributed by atoms with Crippen molar-refractivity contribution < 1.29 is 48.8 Å². The molecule has 0 unspecified atom stereocenters. The molecule has 5 atom stereocenters. The van der Waals surface area contributed by atoms with Crippen LogP contribution in [-0.2, 0) is 28.7 Å². The summed E-state index contributed by atoms with van der Waals surface area (Å²) in [6, 6.07) is -5.33. The second kappa shape index (κ2) is 17.1. The summed E-state index contributed by atoms with van der Waals surface area (Å²) in [5.41, 5.74) is 5.43. The molecule has 8 N–H and O–H groups in total. The van der Waals surface area contributed by atoms with Gasteiger partial charge in [-0.1, -0.05) is 26.2 Å². The van der Waals surface area contributed by atoms with E-state index in [1.54, 1.807) is 0 Å². The molecule has 0 spiro atoms. The van der Waals surface area contributed by atoms with Crippen molar-refractivity contribution >= 4 is 35.8 Å². The van der Waals surface area contributed by atoms with E-state index in [0.717, 1.165) is 19.3 Å². The van der Waals surface area contributed by atoms with Crippen LogP contribution >= 0.6 is 0 Å². The number of hydrogen-bond acceptors (Lipinski definition) is 8. The maximum Gasteiger partial charge on any atom is 0.408 e. The van der Waals surface area contributed by atoms with Gasteiger partial charge in [-0.05, 0) is 39.5 Å². The molecule has 0 heterocycles. The molecular formula is C22H38N4O10. The van der Waals surface area contributed by atoms with Crippen LogP contribution in [0.25, 0.3) is 0 Å². The van der Waals surface area contributed by atoms with E-state index in [0.29, 0.717) is 6.42 Å². The molecule has 0 aliphatic carbocycles. The van der Waals surface area contributed by atoms with Gasteiger partial charge in [0, 0.05) is 6.42 Å². The molecule has 14 heteroatoms. The Morgan fingerprint density at radius 1 is 0.806 bits per heavy atom. The minimum Gasteiger partial charge on any atom is -0.480 e. The van der Waals surface area contributed by atoms with Gasteiger partial charge < -0.3 is 41.7 Å². The van der Waals surface area contributed by atoms with Crippen LogP contribution in [0.3, 0.4) is 0 Å². The van der Waals surface area contributed by atoms with E-state index >= 15 is 0 Å². The van der Waals surface area contributed by atoms with Crippen LogP contribution < -0.4 is 21.7 Å². The maximum atomic E-state index is 12.5. The minimum absolute atomic E-state index is 0.0217. The summed E-state index contributed by atoms with van der Waals surface area (Å²) in [6.07, 6.45) is 0.903. The normalized spacial score (nSPS) is 14.9. The Morgan fingerprint density at radius 2 is 1.44 bits per heavy atom. The predicted molar refractivity (Wildman–Crippen MR) is 126 cm³/mol. The summed E-state index contributed by atoms with van der Waals surface area (Å²) in [5, 5.41) is 34.0. The molecule has 206 valence electrons. The Hall–Kier alpha value is -3.42. The zero-order chi connectivity index (χ0) is 27.8. The van der Waals surface area contributed by atoms with Crippen LogP contribution in [-0.4, -0.2) is 81.4 Å². The molecule has 0 bridgehead atoms. The van der Waals surface area contributed by atoms with Gasteiger partial charge in [0.25, 0.3) is 0 Å². The third kappa shape index (κ3) is 13.5. The first-order valence-electron chi connectivity index (χ1n) is 11.8. The number of carbonyl (C=O) groups excluding carboxylic acids is 3. The molecule has 14 nitrogen and oxygen atoms in total. The highest BCUT2D eigenvalue weighted by Gasteiger charge is 2.31. The molecule has 0 aromatic rings. The number of aliphatic carboxylic acids is 3. The van der Waals surface area contributed by atoms with Crippen molar-refractivity contribution in [3.8, 4) is 0 Å². The summed E-state index contributed by atoms with van der Waals surface area (Å²) in [4.78, 5) is 70.5. The third-order valence-electron chi connectivity index (χ3n) is 5.27. The zero-order valence-electron chi connectivity index (χ0n) is 20.8. The van der Waals surface area contributed by atoms with Crippen LogP contribution in [0.15, 0.2) is 0 Å². The van der Waals surface area contributed by atoms with Gasteiger partial charge in [-0.3, -0.25) is 19.2 Å². The van der Waals surface area contributed by atoms with Crippen LogP contribution in [0.1, 0.15) is 72.1 Å². The number of unbranched alkanes of at least 4 members (excludes halogenated alkanes) is 3. The molecule has 0 aromatic heterocycles. The van der Waals surface area contributed by atoms with Gasteiger partial charge in [0.15, 0.2) is 6.04 Å². The van der Waals surface area contributed by atoms with Gasteiger partial charge in [0.1, 0.15) is 24.2 Å². The van der Waals surface area contributed by atoms with Crippen LogP contribution in [0.5, 0.6) is 0 Å². The Bertz CT molecular complexity index is 776. The van der Waals surface area contributed by atoms with E-state index in [-0.39, 0.29) is 25.7 Å². The average Bonchev–Trinajstić information content (AvgIpc) is 2.78. The second-order valence-electron chi connectivity index (χ2n) is 8.45. The molecule has 0 fully saturated rings. The smallest absolute Gasteiger partial charge is 0.408 e. The Morgan fingerprint density at radius 3 is 1.97 bits per heavy atom. The van der Waals surface area contributed by atoms with Gasteiger partial charge in [0.2, 0.25) is 11.8 Å². The molecule has 0 rings (SSSR count). The third-order valence-corrected chi connectivity index (χ3v) is 5.27. The van der Waals surface area contributed by atoms with E-state index < -0.39 is 66.1 Å². The summed E-state index contributed by atoms with van der Waals surface area (Å²) in [5.74, 6) is -5.37. The molecule has 36 heavy (non-hydrogen) atoms. The fraction of sp³-hybridized carbons (Fsp3) is 0.727. The van der Waals surface area contributed by atoms with E-state index in [1.165, 1.54) is 13.8 Å². The molecule has 0 radical (unpaired) electrons. The van der Waals surface area contributed by atoms with Crippen molar-refractivity contribution in [2.24, 2.45) is 5.73 Å². The number of nitrogens with one attached hydrogen (secondary N) is 3. The first-order valence-corrected chi connectivity index (χ1v) is 11.8. The van der Waals surface area contributed by atoms with E-state index in [1.807, 2.05) is 6.92 Å². The van der Waals surface area contributed by atoms with E-state index in [4.69, 9.17) is 20.7 Å². The number of ether oxygens (including phenoxy) is 1. The number of rotatable bonds is 18. The first kappa shape index (κ1) is 32.6. The first-order chi connectivity index (χ1) is 16.8. The van der Waals surface area contributed by atoms with Crippen molar-refractivity contribution in [3.05, 3.63) is 0 Å². The van der Waals surface area contributed by atoms with Gasteiger partial charge in [0.05, 0.1) is 0 Å². The van der Waals surface area contributed by atoms with Crippen LogP contribution in [0.4, 0.5) is 4.79 Å². The van der Waals surface area contributed by atoms with Gasteiger partial charge in [-0.15, -0.1) is 0 Å². The Balaban J connectivity index is 5.14. The quantitative estimate of drug-likeness (QED) is 0.121. The largest absolute Gasteiger partial charge is 0.480 e. The topological polar surface area (TPSA) is 234 Å². The zero-order valence-corrected chi connectivity index (χ0v) is 20.8. The molecule has 3 amide bonds. The number of amides is 3. The fourth-order valence-electron chi connectivity index (χ4n) is 3.06. The number of nitrogens with two attached hydrogens (primary N) is 1. The van der Waals surface area contributed by atoms with Crippen molar-refractivity contribution in [3.63, 3.8) is 0 Å². The van der Waals surface area contributed by atoms with Gasteiger partial charge in [-0.2, -0.15) is 0 Å². The van der Waals surface area contributed by atoms with Gasteiger partial charge in [-0.25, -0.2) is 9.59 Å². The van der Waals surface area contributed by atoms with Crippen molar-refractivity contribution in [2.45, 2.75) is 102 Å². The lowest BCUT2D eigenvalue weighted by atomic mass is 10.0. The lowest BCUT2D eigenvalue weighted by Crippen LogP contribution is -2.53. The monoisotopic (exact) mass is 518 g/mol. The molecule has 0 aromatic carbocycles. The lowest BCUT2D eigenvalue weighted by Gasteiger charge is -2.24. The fourth-order valence-corrected chi connectivity index (χ4v) is 3.06. The molecule has 0 aliphatic rings. The van der Waals surface area contributed by atoms with Crippen molar-refractivity contribution in [2.75, 3.05) is 0 Å². The highest BCUT2D eigenvalue weighted by atomic mass is 16.6. The van der Waals surface area contributed by atoms with Gasteiger partial charge >= 0.3 is 24.0 Å². The molecule has 0 aliphatic heterocycles. The SMILES string of the molecule is CCCCCCC(=O)N[C@H](C(=O)O)[C@@H](C)OC(=O)N[C@@H](CCC[C@@H](N)C(=O)O)C(=O)N[C@H](C)C(=O)O. The van der Waals surface area contributed by atoms with Crippen LogP contribution in [0.2, 0.25) is 0 Å². The summed E-state index contributed by atoms with van der Waals surface area (Å²) in [6.45, 7) is 4.47. The molecule has 0 saturated carbocycles. The van der Waals surface area contributed by atoms with Crippen molar-refractivity contribution in [1.82, 2.24) is 16.0 Å². The Kier molecular flexibility index (Phi) is 15.5. The minimum atomic E-state index is -1.54. The summed E-state index contributed by atoms with van der Waals surface area (Å²) >= 11 is 0. The summed E-state index contributed by atoms with van der Waals surface area (Å²) in [7, 11) is 0. The standard InChI is InChI=1S/C22H38N4O10/c1-4-5-6-7-11-16(27)26-17(21(33)34)13(3)36-22(35)25-15(10-8-9-14(23)20(31)32)18(28)24-12(2)19(29)30/h12-15,17H,4-11,23H2,1-3H3,(H,24,28)(H,25,35)(H,26,27)(H,29,30)(H,31,32)(H,33,34)/t12-,13-,14-,15+,17+/m1/s1. The number of carboxylic acids is 3. The van der Waals surface area contributed by atoms with E-state index in [9.17, 15) is 33.9 Å². The van der Waals surface area contributed by atoms with E-state index in [2.05, 4.69) is 16.0 Å². The number of hydrogen-bond donors (Lipinski definition) is 7. The lowest BCUT2D eigenvalue weighted by molar-refractivity contribution is -0.145. The number of carboxylic acid groups (broad SMARTS) is 3. The second-order valence-corrected chi connectivity index (χ2v) is 8.45. The predicted octanol–water partition coefficient (Wildman–Crippen LogP) is 0.181. The van der Waals surface area contributed by atoms with Crippen LogP contribution in [0, 0.1) is 0 Å². The number of alkyl carbamates (subject to hydrolysis) is 1. The average molecular weight is 519 g/mol. The molecular weight excluding hydrogens is 480 g/mol. The maximum absolute atomic E-state index is 12.5. The number of carbonyl (C=O) groups is 6. The Labute approximate surface area is 209 Å². The summed E-state index contributed by atoms with van der Waals surface area (Å²) < 4.78 is 5.06. The highest BCUT2D eigenvalue weighted by Crippen LogP contribution is 2.08.